The Kier molecular flexibility index (Phi) is 5.28. The highest BCUT2D eigenvalue weighted by molar-refractivity contribution is 6.33. The topological polar surface area (TPSA) is 73.3 Å². The standard InChI is InChI=1S/C13H18ClN3O3/c1-8(2)12-15-6-10(14)11(17-12)13(18)16-5-9-7-19-3-4-20-9/h6,8-9H,3-5,7H2,1-2H3,(H,16,18). The lowest BCUT2D eigenvalue weighted by molar-refractivity contribution is -0.0855. The molecule has 20 heavy (non-hydrogen) atoms. The van der Waals surface area contributed by atoms with Crippen molar-refractivity contribution >= 4 is 17.5 Å². The summed E-state index contributed by atoms with van der Waals surface area (Å²) in [5, 5.41) is 3.00. The van der Waals surface area contributed by atoms with E-state index in [9.17, 15) is 4.79 Å². The Morgan fingerprint density at radius 2 is 2.35 bits per heavy atom. The van der Waals surface area contributed by atoms with Gasteiger partial charge in [-0.3, -0.25) is 4.79 Å². The summed E-state index contributed by atoms with van der Waals surface area (Å²) in [5.74, 6) is 0.402. The van der Waals surface area contributed by atoms with Gasteiger partial charge in [0, 0.05) is 12.5 Å². The molecule has 1 aromatic rings. The maximum atomic E-state index is 12.1. The van der Waals surface area contributed by atoms with Crippen LogP contribution in [0.15, 0.2) is 6.20 Å². The summed E-state index contributed by atoms with van der Waals surface area (Å²) in [4.78, 5) is 20.4. The molecule has 2 heterocycles. The maximum absolute atomic E-state index is 12.1. The van der Waals surface area contributed by atoms with Gasteiger partial charge in [0.25, 0.3) is 5.91 Å². The van der Waals surface area contributed by atoms with E-state index in [-0.39, 0.29) is 28.6 Å². The molecule has 0 aliphatic carbocycles. The molecule has 1 fully saturated rings. The summed E-state index contributed by atoms with van der Waals surface area (Å²) in [5.41, 5.74) is 0.196. The predicted octanol–water partition coefficient (Wildman–Crippen LogP) is 1.40. The number of amides is 1. The number of hydrogen-bond donors (Lipinski definition) is 1. The minimum absolute atomic E-state index is 0.127. The van der Waals surface area contributed by atoms with Crippen LogP contribution in [0.3, 0.4) is 0 Å². The lowest BCUT2D eigenvalue weighted by Gasteiger charge is -2.23. The van der Waals surface area contributed by atoms with E-state index < -0.39 is 0 Å². The molecule has 7 heteroatoms. The molecular weight excluding hydrogens is 282 g/mol. The number of nitrogens with one attached hydrogen (secondary N) is 1. The molecule has 1 aliphatic heterocycles. The van der Waals surface area contributed by atoms with Gasteiger partial charge in [-0.05, 0) is 0 Å². The SMILES string of the molecule is CC(C)c1ncc(Cl)c(C(=O)NCC2COCCO2)n1. The maximum Gasteiger partial charge on any atom is 0.271 e. The minimum Gasteiger partial charge on any atom is -0.376 e. The Morgan fingerprint density at radius 3 is 3.00 bits per heavy atom. The van der Waals surface area contributed by atoms with Gasteiger partial charge in [0.2, 0.25) is 0 Å². The van der Waals surface area contributed by atoms with Crippen LogP contribution in [0.1, 0.15) is 36.1 Å². The van der Waals surface area contributed by atoms with Crippen LogP contribution in [0.25, 0.3) is 0 Å². The molecule has 0 spiro atoms. The Morgan fingerprint density at radius 1 is 1.55 bits per heavy atom. The van der Waals surface area contributed by atoms with E-state index in [2.05, 4.69) is 15.3 Å². The third-order valence-corrected chi connectivity index (χ3v) is 3.15. The molecule has 0 radical (unpaired) electrons. The highest BCUT2D eigenvalue weighted by atomic mass is 35.5. The number of nitrogens with zero attached hydrogens (tertiary/aromatic N) is 2. The van der Waals surface area contributed by atoms with Gasteiger partial charge < -0.3 is 14.8 Å². The number of halogens is 1. The Labute approximate surface area is 122 Å². The van der Waals surface area contributed by atoms with Crippen LogP contribution in [0.2, 0.25) is 5.02 Å². The zero-order chi connectivity index (χ0) is 14.5. The average Bonchev–Trinajstić information content (AvgIpc) is 2.46. The van der Waals surface area contributed by atoms with Crippen LogP contribution < -0.4 is 5.32 Å². The van der Waals surface area contributed by atoms with Crippen molar-refractivity contribution < 1.29 is 14.3 Å². The van der Waals surface area contributed by atoms with E-state index >= 15 is 0 Å². The van der Waals surface area contributed by atoms with Crippen LogP contribution in [0.4, 0.5) is 0 Å². The third kappa shape index (κ3) is 3.88. The van der Waals surface area contributed by atoms with Crippen molar-refractivity contribution in [2.75, 3.05) is 26.4 Å². The van der Waals surface area contributed by atoms with Crippen LogP contribution in [0.5, 0.6) is 0 Å². The molecule has 1 aliphatic rings. The summed E-state index contributed by atoms with van der Waals surface area (Å²) in [6.45, 7) is 5.91. The molecular formula is C13H18ClN3O3. The van der Waals surface area contributed by atoms with Crippen LogP contribution >= 0.6 is 11.6 Å². The van der Waals surface area contributed by atoms with E-state index in [1.165, 1.54) is 6.20 Å². The third-order valence-electron chi connectivity index (χ3n) is 2.87. The second kappa shape index (κ2) is 6.97. The van der Waals surface area contributed by atoms with E-state index in [0.29, 0.717) is 32.2 Å². The van der Waals surface area contributed by atoms with Crippen molar-refractivity contribution in [3.8, 4) is 0 Å². The van der Waals surface area contributed by atoms with Gasteiger partial charge in [-0.1, -0.05) is 25.4 Å². The highest BCUT2D eigenvalue weighted by Crippen LogP contribution is 2.16. The number of carbonyl (C=O) groups excluding carboxylic acids is 1. The van der Waals surface area contributed by atoms with Crippen LogP contribution in [-0.2, 0) is 9.47 Å². The molecule has 1 unspecified atom stereocenters. The molecule has 6 nitrogen and oxygen atoms in total. The molecule has 0 bridgehead atoms. The molecule has 1 aromatic heterocycles. The summed E-state index contributed by atoms with van der Waals surface area (Å²) in [6, 6.07) is 0. The van der Waals surface area contributed by atoms with E-state index in [4.69, 9.17) is 21.1 Å². The lowest BCUT2D eigenvalue weighted by Crippen LogP contribution is -2.40. The molecule has 2 rings (SSSR count). The smallest absolute Gasteiger partial charge is 0.271 e. The number of rotatable bonds is 4. The second-order valence-electron chi connectivity index (χ2n) is 4.86. The number of aromatic nitrogens is 2. The van der Waals surface area contributed by atoms with Crippen molar-refractivity contribution in [1.29, 1.82) is 0 Å². The number of hydrogen-bond acceptors (Lipinski definition) is 5. The summed E-state index contributed by atoms with van der Waals surface area (Å²) in [6.07, 6.45) is 1.33. The molecule has 110 valence electrons. The van der Waals surface area contributed by atoms with Crippen molar-refractivity contribution in [1.82, 2.24) is 15.3 Å². The normalized spacial score (nSPS) is 19.1. The Balaban J connectivity index is 1.99. The van der Waals surface area contributed by atoms with Crippen LogP contribution in [-0.4, -0.2) is 48.3 Å². The predicted molar refractivity (Wildman–Crippen MR) is 74.0 cm³/mol. The average molecular weight is 300 g/mol. The monoisotopic (exact) mass is 299 g/mol. The fourth-order valence-electron chi connectivity index (χ4n) is 1.76. The minimum atomic E-state index is -0.325. The lowest BCUT2D eigenvalue weighted by atomic mass is 10.2. The zero-order valence-electron chi connectivity index (χ0n) is 11.6. The quantitative estimate of drug-likeness (QED) is 0.910. The van der Waals surface area contributed by atoms with Gasteiger partial charge in [0.05, 0.1) is 37.1 Å². The van der Waals surface area contributed by atoms with Crippen molar-refractivity contribution in [3.05, 3.63) is 22.7 Å². The first-order valence-corrected chi connectivity index (χ1v) is 6.95. The van der Waals surface area contributed by atoms with Crippen molar-refractivity contribution in [2.24, 2.45) is 0 Å². The van der Waals surface area contributed by atoms with Gasteiger partial charge in [-0.2, -0.15) is 0 Å². The van der Waals surface area contributed by atoms with Crippen LogP contribution in [0, 0.1) is 0 Å². The largest absolute Gasteiger partial charge is 0.376 e. The number of carbonyl (C=O) groups is 1. The van der Waals surface area contributed by atoms with E-state index in [0.717, 1.165) is 0 Å². The van der Waals surface area contributed by atoms with Gasteiger partial charge in [-0.15, -0.1) is 0 Å². The molecule has 0 saturated carbocycles. The number of ether oxygens (including phenoxy) is 2. The molecule has 1 saturated heterocycles. The zero-order valence-corrected chi connectivity index (χ0v) is 12.3. The second-order valence-corrected chi connectivity index (χ2v) is 5.26. The highest BCUT2D eigenvalue weighted by Gasteiger charge is 2.19. The fraction of sp³-hybridized carbons (Fsp3) is 0.615. The first-order chi connectivity index (χ1) is 9.58. The Bertz CT molecular complexity index is 476. The van der Waals surface area contributed by atoms with Crippen molar-refractivity contribution in [2.45, 2.75) is 25.9 Å². The summed E-state index contributed by atoms with van der Waals surface area (Å²) >= 11 is 5.98. The molecule has 0 aromatic carbocycles. The summed E-state index contributed by atoms with van der Waals surface area (Å²) < 4.78 is 10.7. The van der Waals surface area contributed by atoms with Gasteiger partial charge in [0.15, 0.2) is 0 Å². The van der Waals surface area contributed by atoms with E-state index in [1.54, 1.807) is 0 Å². The Hall–Kier alpha value is -1.24. The summed E-state index contributed by atoms with van der Waals surface area (Å²) in [7, 11) is 0. The van der Waals surface area contributed by atoms with Crippen molar-refractivity contribution in [3.63, 3.8) is 0 Å². The first kappa shape index (κ1) is 15.2. The van der Waals surface area contributed by atoms with Gasteiger partial charge >= 0.3 is 0 Å². The molecule has 1 amide bonds. The molecule has 1 N–H and O–H groups in total. The van der Waals surface area contributed by atoms with E-state index in [1.807, 2.05) is 13.8 Å². The first-order valence-electron chi connectivity index (χ1n) is 6.58. The van der Waals surface area contributed by atoms with Gasteiger partial charge in [-0.25, -0.2) is 9.97 Å². The molecule has 1 atom stereocenters. The van der Waals surface area contributed by atoms with Gasteiger partial charge in [0.1, 0.15) is 11.5 Å². The fourth-order valence-corrected chi connectivity index (χ4v) is 1.94.